The van der Waals surface area contributed by atoms with E-state index in [4.69, 9.17) is 0 Å². The molecule has 4 rings (SSSR count). The van der Waals surface area contributed by atoms with Crippen LogP contribution in [0.1, 0.15) is 41.4 Å². The van der Waals surface area contributed by atoms with Gasteiger partial charge in [0.15, 0.2) is 5.69 Å². The van der Waals surface area contributed by atoms with Crippen LogP contribution in [0.4, 0.5) is 4.39 Å². The van der Waals surface area contributed by atoms with Crippen molar-refractivity contribution in [3.8, 4) is 0 Å². The first kappa shape index (κ1) is 19.8. The Morgan fingerprint density at radius 3 is 2.67 bits per heavy atom. The van der Waals surface area contributed by atoms with Crippen molar-refractivity contribution in [1.82, 2.24) is 25.2 Å². The number of carbonyl (C=O) groups is 1. The lowest BCUT2D eigenvalue weighted by atomic mass is 9.99. The van der Waals surface area contributed by atoms with Crippen molar-refractivity contribution in [2.24, 2.45) is 5.92 Å². The molecule has 0 bridgehead atoms. The van der Waals surface area contributed by atoms with Crippen LogP contribution >= 0.6 is 12.4 Å². The average Bonchev–Trinajstić information content (AvgIpc) is 3.34. The Labute approximate surface area is 164 Å². The zero-order chi connectivity index (χ0) is 17.9. The highest BCUT2D eigenvalue weighted by Crippen LogP contribution is 2.23. The first-order valence-electron chi connectivity index (χ1n) is 9.35. The first-order valence-corrected chi connectivity index (χ1v) is 9.35. The standard InChI is InChI=1S/C19H24FN5O.ClH/c20-16-3-1-14(2-4-16)11-15-7-10-24(12-15)19(26)18-13-25(23-22-18)17-5-8-21-9-6-17;/h1-4,13,15,17,21H,5-12H2;1H. The second-order valence-electron chi connectivity index (χ2n) is 7.30. The molecule has 1 aromatic heterocycles. The summed E-state index contributed by atoms with van der Waals surface area (Å²) in [5.41, 5.74) is 1.55. The summed E-state index contributed by atoms with van der Waals surface area (Å²) in [5.74, 6) is 0.157. The first-order chi connectivity index (χ1) is 12.7. The third kappa shape index (κ3) is 4.65. The van der Waals surface area contributed by atoms with Gasteiger partial charge in [-0.1, -0.05) is 17.3 Å². The molecule has 3 heterocycles. The summed E-state index contributed by atoms with van der Waals surface area (Å²) >= 11 is 0. The van der Waals surface area contributed by atoms with Gasteiger partial charge in [0, 0.05) is 13.1 Å². The van der Waals surface area contributed by atoms with Crippen molar-refractivity contribution < 1.29 is 9.18 Å². The van der Waals surface area contributed by atoms with Gasteiger partial charge in [-0.25, -0.2) is 9.07 Å². The molecule has 1 aromatic carbocycles. The molecule has 8 heteroatoms. The van der Waals surface area contributed by atoms with Gasteiger partial charge in [0.05, 0.1) is 12.2 Å². The third-order valence-electron chi connectivity index (χ3n) is 5.42. The lowest BCUT2D eigenvalue weighted by Crippen LogP contribution is -2.30. The number of amides is 1. The third-order valence-corrected chi connectivity index (χ3v) is 5.42. The summed E-state index contributed by atoms with van der Waals surface area (Å²) in [4.78, 5) is 14.6. The molecule has 1 unspecified atom stereocenters. The predicted molar refractivity (Wildman–Crippen MR) is 103 cm³/mol. The number of benzene rings is 1. The van der Waals surface area contributed by atoms with Crippen LogP contribution < -0.4 is 5.32 Å². The van der Waals surface area contributed by atoms with E-state index in [0.29, 0.717) is 17.7 Å². The molecule has 2 fully saturated rings. The van der Waals surface area contributed by atoms with E-state index in [1.54, 1.807) is 6.20 Å². The second-order valence-corrected chi connectivity index (χ2v) is 7.30. The van der Waals surface area contributed by atoms with E-state index in [-0.39, 0.29) is 24.1 Å². The Bertz CT molecular complexity index is 760. The molecule has 0 aliphatic carbocycles. The quantitative estimate of drug-likeness (QED) is 0.866. The maximum atomic E-state index is 13.0. The monoisotopic (exact) mass is 393 g/mol. The number of hydrogen-bond acceptors (Lipinski definition) is 4. The Morgan fingerprint density at radius 2 is 1.93 bits per heavy atom. The molecule has 1 amide bonds. The highest BCUT2D eigenvalue weighted by atomic mass is 35.5. The fourth-order valence-corrected chi connectivity index (χ4v) is 3.92. The molecule has 2 aliphatic rings. The topological polar surface area (TPSA) is 63.1 Å². The Morgan fingerprint density at radius 1 is 1.19 bits per heavy atom. The number of rotatable bonds is 4. The molecule has 2 aliphatic heterocycles. The van der Waals surface area contributed by atoms with E-state index in [9.17, 15) is 9.18 Å². The van der Waals surface area contributed by atoms with Crippen molar-refractivity contribution in [2.45, 2.75) is 31.7 Å². The van der Waals surface area contributed by atoms with Crippen molar-refractivity contribution in [1.29, 1.82) is 0 Å². The molecular formula is C19H25ClFN5O. The predicted octanol–water partition coefficient (Wildman–Crippen LogP) is 2.47. The number of aromatic nitrogens is 3. The second kappa shape index (κ2) is 8.80. The lowest BCUT2D eigenvalue weighted by Gasteiger charge is -2.22. The van der Waals surface area contributed by atoms with E-state index in [1.807, 2.05) is 21.7 Å². The largest absolute Gasteiger partial charge is 0.337 e. The normalized spacial score (nSPS) is 20.5. The van der Waals surface area contributed by atoms with Gasteiger partial charge in [-0.15, -0.1) is 17.5 Å². The zero-order valence-electron chi connectivity index (χ0n) is 15.2. The smallest absolute Gasteiger partial charge is 0.276 e. The molecule has 0 spiro atoms. The van der Waals surface area contributed by atoms with Gasteiger partial charge in [-0.3, -0.25) is 4.79 Å². The minimum atomic E-state index is -0.214. The lowest BCUT2D eigenvalue weighted by molar-refractivity contribution is 0.0781. The fraction of sp³-hybridized carbons (Fsp3) is 0.526. The number of piperidine rings is 1. The summed E-state index contributed by atoms with van der Waals surface area (Å²) < 4.78 is 14.9. The van der Waals surface area contributed by atoms with Gasteiger partial charge < -0.3 is 10.2 Å². The SMILES string of the molecule is Cl.O=C(c1cn(C2CCNCC2)nn1)N1CCC(Cc2ccc(F)cc2)C1. The maximum Gasteiger partial charge on any atom is 0.276 e. The summed E-state index contributed by atoms with van der Waals surface area (Å²) in [6.45, 7) is 3.41. The zero-order valence-corrected chi connectivity index (χ0v) is 16.0. The molecule has 1 N–H and O–H groups in total. The summed E-state index contributed by atoms with van der Waals surface area (Å²) in [6, 6.07) is 6.96. The fourth-order valence-electron chi connectivity index (χ4n) is 3.92. The maximum absolute atomic E-state index is 13.0. The van der Waals surface area contributed by atoms with Crippen LogP contribution in [-0.4, -0.2) is 52.0 Å². The molecule has 6 nitrogen and oxygen atoms in total. The molecule has 0 saturated carbocycles. The van der Waals surface area contributed by atoms with Crippen LogP contribution in [0, 0.1) is 11.7 Å². The molecule has 1 atom stereocenters. The van der Waals surface area contributed by atoms with Crippen LogP contribution in [-0.2, 0) is 6.42 Å². The molecule has 2 saturated heterocycles. The van der Waals surface area contributed by atoms with Crippen LogP contribution in [0.15, 0.2) is 30.5 Å². The molecular weight excluding hydrogens is 369 g/mol. The summed E-state index contributed by atoms with van der Waals surface area (Å²) in [6.07, 6.45) is 5.66. The highest BCUT2D eigenvalue weighted by molar-refractivity contribution is 5.92. The number of likely N-dealkylation sites (tertiary alicyclic amines) is 1. The van der Waals surface area contributed by atoms with Crippen LogP contribution in [0.25, 0.3) is 0 Å². The molecule has 0 radical (unpaired) electrons. The van der Waals surface area contributed by atoms with E-state index >= 15 is 0 Å². The average molecular weight is 394 g/mol. The number of nitrogens with zero attached hydrogens (tertiary/aromatic N) is 4. The van der Waals surface area contributed by atoms with Crippen molar-refractivity contribution in [2.75, 3.05) is 26.2 Å². The Balaban J connectivity index is 0.00000210. The van der Waals surface area contributed by atoms with Crippen molar-refractivity contribution in [3.63, 3.8) is 0 Å². The minimum absolute atomic E-state index is 0. The summed E-state index contributed by atoms with van der Waals surface area (Å²) in [7, 11) is 0. The number of carbonyl (C=O) groups excluding carboxylic acids is 1. The number of nitrogens with one attached hydrogen (secondary N) is 1. The number of halogens is 2. The molecule has 2 aromatic rings. The van der Waals surface area contributed by atoms with Crippen LogP contribution in [0.5, 0.6) is 0 Å². The van der Waals surface area contributed by atoms with Gasteiger partial charge in [0.25, 0.3) is 5.91 Å². The minimum Gasteiger partial charge on any atom is -0.337 e. The van der Waals surface area contributed by atoms with Gasteiger partial charge in [0.2, 0.25) is 0 Å². The van der Waals surface area contributed by atoms with E-state index in [0.717, 1.165) is 57.4 Å². The highest BCUT2D eigenvalue weighted by Gasteiger charge is 2.29. The van der Waals surface area contributed by atoms with E-state index in [2.05, 4.69) is 15.6 Å². The number of hydrogen-bond donors (Lipinski definition) is 1. The van der Waals surface area contributed by atoms with Crippen molar-refractivity contribution >= 4 is 18.3 Å². The van der Waals surface area contributed by atoms with Gasteiger partial charge in [-0.2, -0.15) is 0 Å². The Kier molecular flexibility index (Phi) is 6.44. The Hall–Kier alpha value is -1.99. The van der Waals surface area contributed by atoms with Crippen molar-refractivity contribution in [3.05, 3.63) is 47.5 Å². The van der Waals surface area contributed by atoms with Gasteiger partial charge in [-0.05, 0) is 62.4 Å². The van der Waals surface area contributed by atoms with Crippen LogP contribution in [0.2, 0.25) is 0 Å². The van der Waals surface area contributed by atoms with Gasteiger partial charge >= 0.3 is 0 Å². The van der Waals surface area contributed by atoms with Gasteiger partial charge in [0.1, 0.15) is 5.82 Å². The molecule has 27 heavy (non-hydrogen) atoms. The molecule has 146 valence electrons. The van der Waals surface area contributed by atoms with E-state index < -0.39 is 0 Å². The van der Waals surface area contributed by atoms with E-state index in [1.165, 1.54) is 12.1 Å². The summed E-state index contributed by atoms with van der Waals surface area (Å²) in [5, 5.41) is 11.6. The van der Waals surface area contributed by atoms with Crippen LogP contribution in [0.3, 0.4) is 0 Å².